The minimum absolute atomic E-state index is 0.0948. The summed E-state index contributed by atoms with van der Waals surface area (Å²) in [6.07, 6.45) is 2.42. The summed E-state index contributed by atoms with van der Waals surface area (Å²) in [6, 6.07) is 4.39. The zero-order chi connectivity index (χ0) is 13.4. The quantitative estimate of drug-likeness (QED) is 0.726. The second-order valence-corrected chi connectivity index (χ2v) is 5.12. The van der Waals surface area contributed by atoms with Crippen molar-refractivity contribution in [2.24, 2.45) is 5.92 Å². The molecule has 2 nitrogen and oxygen atoms in total. The van der Waals surface area contributed by atoms with Gasteiger partial charge < -0.3 is 10.1 Å². The van der Waals surface area contributed by atoms with E-state index in [9.17, 15) is 4.39 Å². The van der Waals surface area contributed by atoms with E-state index >= 15 is 0 Å². The van der Waals surface area contributed by atoms with Crippen LogP contribution in [-0.4, -0.2) is 19.7 Å². The Bertz CT molecular complexity index is 358. The van der Waals surface area contributed by atoms with Gasteiger partial charge in [-0.2, -0.15) is 0 Å². The first-order chi connectivity index (χ1) is 8.59. The number of hydrogen-bond donors (Lipinski definition) is 1. The fourth-order valence-corrected chi connectivity index (χ4v) is 1.74. The van der Waals surface area contributed by atoms with Crippen molar-refractivity contribution < 1.29 is 9.13 Å². The van der Waals surface area contributed by atoms with E-state index in [1.165, 1.54) is 25.0 Å². The molecule has 0 atom stereocenters. The SMILES string of the molecule is CC(C)CCCNCCOc1ccc(F)c(Cl)c1. The Kier molecular flexibility index (Phi) is 7.06. The summed E-state index contributed by atoms with van der Waals surface area (Å²) >= 11 is 5.65. The third kappa shape index (κ3) is 6.22. The van der Waals surface area contributed by atoms with Gasteiger partial charge in [-0.1, -0.05) is 25.4 Å². The van der Waals surface area contributed by atoms with Crippen LogP contribution in [0.25, 0.3) is 0 Å². The van der Waals surface area contributed by atoms with E-state index in [0.29, 0.717) is 12.4 Å². The lowest BCUT2D eigenvalue weighted by Crippen LogP contribution is -2.22. The maximum Gasteiger partial charge on any atom is 0.142 e. The van der Waals surface area contributed by atoms with Gasteiger partial charge in [0.2, 0.25) is 0 Å². The number of nitrogens with one attached hydrogen (secondary N) is 1. The van der Waals surface area contributed by atoms with Crippen LogP contribution in [0.15, 0.2) is 18.2 Å². The Morgan fingerprint density at radius 2 is 2.11 bits per heavy atom. The van der Waals surface area contributed by atoms with Crippen molar-refractivity contribution in [1.82, 2.24) is 5.32 Å². The molecule has 0 radical (unpaired) electrons. The number of ether oxygens (including phenoxy) is 1. The lowest BCUT2D eigenvalue weighted by atomic mass is 10.1. The zero-order valence-electron chi connectivity index (χ0n) is 11.0. The van der Waals surface area contributed by atoms with Crippen LogP contribution in [0.3, 0.4) is 0 Å². The second-order valence-electron chi connectivity index (χ2n) is 4.71. The summed E-state index contributed by atoms with van der Waals surface area (Å²) in [5.74, 6) is 0.936. The maximum atomic E-state index is 12.9. The van der Waals surface area contributed by atoms with Crippen molar-refractivity contribution in [1.29, 1.82) is 0 Å². The summed E-state index contributed by atoms with van der Waals surface area (Å²) in [6.45, 7) is 6.80. The molecule has 0 aliphatic rings. The molecule has 4 heteroatoms. The van der Waals surface area contributed by atoms with E-state index in [2.05, 4.69) is 19.2 Å². The molecule has 0 bridgehead atoms. The van der Waals surface area contributed by atoms with Gasteiger partial charge in [0, 0.05) is 12.6 Å². The number of hydrogen-bond acceptors (Lipinski definition) is 2. The summed E-state index contributed by atoms with van der Waals surface area (Å²) in [5, 5.41) is 3.40. The van der Waals surface area contributed by atoms with E-state index in [1.54, 1.807) is 6.07 Å². The molecule has 0 aliphatic heterocycles. The van der Waals surface area contributed by atoms with Crippen LogP contribution < -0.4 is 10.1 Å². The number of halogens is 2. The minimum Gasteiger partial charge on any atom is -0.492 e. The van der Waals surface area contributed by atoms with Crippen molar-refractivity contribution in [2.45, 2.75) is 26.7 Å². The lowest BCUT2D eigenvalue weighted by Gasteiger charge is -2.08. The number of rotatable bonds is 8. The molecule has 0 aliphatic carbocycles. The molecule has 0 spiro atoms. The van der Waals surface area contributed by atoms with Gasteiger partial charge in [-0.25, -0.2) is 4.39 Å². The van der Waals surface area contributed by atoms with Gasteiger partial charge in [-0.3, -0.25) is 0 Å². The molecular formula is C14H21ClFNO. The smallest absolute Gasteiger partial charge is 0.142 e. The van der Waals surface area contributed by atoms with Crippen LogP contribution in [0.5, 0.6) is 5.75 Å². The van der Waals surface area contributed by atoms with E-state index in [0.717, 1.165) is 19.0 Å². The maximum absolute atomic E-state index is 12.9. The average molecular weight is 274 g/mol. The van der Waals surface area contributed by atoms with Gasteiger partial charge in [-0.05, 0) is 37.4 Å². The van der Waals surface area contributed by atoms with Crippen LogP contribution in [0.1, 0.15) is 26.7 Å². The Labute approximate surface area is 113 Å². The molecular weight excluding hydrogens is 253 g/mol. The third-order valence-electron chi connectivity index (χ3n) is 2.57. The van der Waals surface area contributed by atoms with Crippen LogP contribution >= 0.6 is 11.6 Å². The van der Waals surface area contributed by atoms with Crippen LogP contribution in [0.4, 0.5) is 4.39 Å². The minimum atomic E-state index is -0.421. The van der Waals surface area contributed by atoms with E-state index in [-0.39, 0.29) is 5.02 Å². The lowest BCUT2D eigenvalue weighted by molar-refractivity contribution is 0.312. The highest BCUT2D eigenvalue weighted by Crippen LogP contribution is 2.20. The third-order valence-corrected chi connectivity index (χ3v) is 2.86. The Morgan fingerprint density at radius 3 is 2.78 bits per heavy atom. The molecule has 0 saturated carbocycles. The first kappa shape index (κ1) is 15.3. The zero-order valence-corrected chi connectivity index (χ0v) is 11.8. The van der Waals surface area contributed by atoms with E-state index in [1.807, 2.05) is 0 Å². The highest BCUT2D eigenvalue weighted by Gasteiger charge is 2.01. The monoisotopic (exact) mass is 273 g/mol. The fourth-order valence-electron chi connectivity index (χ4n) is 1.57. The van der Waals surface area contributed by atoms with Crippen LogP contribution in [-0.2, 0) is 0 Å². The standard InChI is InChI=1S/C14H21ClFNO/c1-11(2)4-3-7-17-8-9-18-12-5-6-14(16)13(15)10-12/h5-6,10-11,17H,3-4,7-9H2,1-2H3. The predicted molar refractivity (Wildman–Crippen MR) is 73.8 cm³/mol. The Morgan fingerprint density at radius 1 is 1.33 bits per heavy atom. The largest absolute Gasteiger partial charge is 0.492 e. The van der Waals surface area contributed by atoms with Crippen molar-refractivity contribution in [2.75, 3.05) is 19.7 Å². The van der Waals surface area contributed by atoms with Crippen molar-refractivity contribution >= 4 is 11.6 Å². The fraction of sp³-hybridized carbons (Fsp3) is 0.571. The van der Waals surface area contributed by atoms with Gasteiger partial charge in [0.05, 0.1) is 5.02 Å². The van der Waals surface area contributed by atoms with Gasteiger partial charge in [0.1, 0.15) is 18.2 Å². The molecule has 0 amide bonds. The van der Waals surface area contributed by atoms with Gasteiger partial charge in [0.25, 0.3) is 0 Å². The van der Waals surface area contributed by atoms with Gasteiger partial charge in [0.15, 0.2) is 0 Å². The molecule has 0 fully saturated rings. The molecule has 1 N–H and O–H groups in total. The van der Waals surface area contributed by atoms with Gasteiger partial charge in [-0.15, -0.1) is 0 Å². The van der Waals surface area contributed by atoms with Crippen molar-refractivity contribution in [3.63, 3.8) is 0 Å². The summed E-state index contributed by atoms with van der Waals surface area (Å²) in [7, 11) is 0. The van der Waals surface area contributed by atoms with Crippen molar-refractivity contribution in [3.8, 4) is 5.75 Å². The molecule has 18 heavy (non-hydrogen) atoms. The molecule has 1 rings (SSSR count). The first-order valence-electron chi connectivity index (χ1n) is 6.38. The average Bonchev–Trinajstić information content (AvgIpc) is 2.32. The van der Waals surface area contributed by atoms with Gasteiger partial charge >= 0.3 is 0 Å². The molecule has 0 saturated heterocycles. The molecule has 1 aromatic carbocycles. The summed E-state index contributed by atoms with van der Waals surface area (Å²) < 4.78 is 18.3. The Hall–Kier alpha value is -0.800. The number of benzene rings is 1. The highest BCUT2D eigenvalue weighted by atomic mass is 35.5. The highest BCUT2D eigenvalue weighted by molar-refractivity contribution is 6.30. The summed E-state index contributed by atoms with van der Waals surface area (Å²) in [5.41, 5.74) is 0. The normalized spacial score (nSPS) is 10.9. The van der Waals surface area contributed by atoms with E-state index in [4.69, 9.17) is 16.3 Å². The van der Waals surface area contributed by atoms with Crippen LogP contribution in [0, 0.1) is 11.7 Å². The second kappa shape index (κ2) is 8.33. The van der Waals surface area contributed by atoms with Crippen molar-refractivity contribution in [3.05, 3.63) is 29.0 Å². The molecule has 102 valence electrons. The molecule has 0 unspecified atom stereocenters. The molecule has 0 aromatic heterocycles. The van der Waals surface area contributed by atoms with E-state index < -0.39 is 5.82 Å². The summed E-state index contributed by atoms with van der Waals surface area (Å²) in [4.78, 5) is 0. The molecule has 0 heterocycles. The van der Waals surface area contributed by atoms with Crippen LogP contribution in [0.2, 0.25) is 5.02 Å². The Balaban J connectivity index is 2.09. The molecule has 1 aromatic rings. The first-order valence-corrected chi connectivity index (χ1v) is 6.76. The topological polar surface area (TPSA) is 21.3 Å². The predicted octanol–water partition coefficient (Wildman–Crippen LogP) is 3.88.